The lowest BCUT2D eigenvalue weighted by atomic mass is 10.1. The number of hydrogen-bond acceptors (Lipinski definition) is 6. The number of aromatic nitrogens is 2. The predicted octanol–water partition coefficient (Wildman–Crippen LogP) is 3.04. The minimum atomic E-state index is -0.754. The first-order chi connectivity index (χ1) is 13.6. The van der Waals surface area contributed by atoms with Gasteiger partial charge in [0.15, 0.2) is 0 Å². The van der Waals surface area contributed by atoms with Gasteiger partial charge in [-0.25, -0.2) is 14.0 Å². The summed E-state index contributed by atoms with van der Waals surface area (Å²) in [6.07, 6.45) is 1.45. The number of piperazine rings is 1. The second-order valence-electron chi connectivity index (χ2n) is 7.95. The van der Waals surface area contributed by atoms with Crippen LogP contribution in [0.3, 0.4) is 0 Å². The second kappa shape index (κ2) is 7.88. The fourth-order valence-corrected chi connectivity index (χ4v) is 3.35. The Kier molecular flexibility index (Phi) is 5.68. The van der Waals surface area contributed by atoms with Gasteiger partial charge in [0, 0.05) is 44.3 Å². The third-order valence-electron chi connectivity index (χ3n) is 4.76. The summed E-state index contributed by atoms with van der Waals surface area (Å²) < 4.78 is 26.6. The molecule has 0 aliphatic carbocycles. The number of carbonyl (C=O) groups excluding carboxylic acids is 2. The maximum atomic E-state index is 14.8. The normalized spacial score (nSPS) is 15.0. The lowest BCUT2D eigenvalue weighted by Gasteiger charge is -2.37. The van der Waals surface area contributed by atoms with Crippen molar-refractivity contribution < 1.29 is 23.5 Å². The summed E-state index contributed by atoms with van der Waals surface area (Å²) in [5, 5.41) is 5.04. The van der Waals surface area contributed by atoms with Gasteiger partial charge in [-0.2, -0.15) is 5.10 Å². The van der Waals surface area contributed by atoms with Crippen LogP contribution < -0.4 is 4.90 Å². The molecule has 29 heavy (non-hydrogen) atoms. The van der Waals surface area contributed by atoms with Crippen molar-refractivity contribution in [3.63, 3.8) is 0 Å². The Morgan fingerprint density at radius 2 is 1.86 bits per heavy atom. The van der Waals surface area contributed by atoms with Crippen LogP contribution in [0.5, 0.6) is 0 Å². The first-order valence-electron chi connectivity index (χ1n) is 9.65. The highest BCUT2D eigenvalue weighted by Gasteiger charge is 2.29. The van der Waals surface area contributed by atoms with E-state index in [-0.39, 0.29) is 17.2 Å². The van der Waals surface area contributed by atoms with Crippen LogP contribution in [0.2, 0.25) is 0 Å². The van der Waals surface area contributed by atoms with Gasteiger partial charge in [0.05, 0.1) is 12.8 Å². The molecule has 1 saturated heterocycles. The quantitative estimate of drug-likeness (QED) is 0.730. The highest BCUT2D eigenvalue weighted by molar-refractivity contribution is 6.07. The second-order valence-corrected chi connectivity index (χ2v) is 7.95. The van der Waals surface area contributed by atoms with Crippen LogP contribution >= 0.6 is 0 Å². The number of anilines is 1. The summed E-state index contributed by atoms with van der Waals surface area (Å²) in [6, 6.07) is 1.35. The van der Waals surface area contributed by atoms with E-state index in [1.807, 2.05) is 32.6 Å². The van der Waals surface area contributed by atoms with E-state index in [0.29, 0.717) is 43.8 Å². The number of benzene rings is 1. The van der Waals surface area contributed by atoms with E-state index in [9.17, 15) is 14.0 Å². The summed E-state index contributed by atoms with van der Waals surface area (Å²) >= 11 is 0. The SMILES string of the molecule is CCn1cc2c(N3CCN(C(=O)OC(C)(C)C)CC3)cc(F)c(C(=O)OC)c2n1. The molecule has 2 heterocycles. The zero-order chi connectivity index (χ0) is 21.3. The summed E-state index contributed by atoms with van der Waals surface area (Å²) in [5.41, 5.74) is 0.213. The summed E-state index contributed by atoms with van der Waals surface area (Å²) in [7, 11) is 1.22. The molecule has 0 saturated carbocycles. The van der Waals surface area contributed by atoms with Gasteiger partial charge in [0.25, 0.3) is 0 Å². The zero-order valence-corrected chi connectivity index (χ0v) is 17.5. The number of carbonyl (C=O) groups is 2. The molecule has 0 N–H and O–H groups in total. The number of nitrogens with zero attached hydrogens (tertiary/aromatic N) is 4. The maximum Gasteiger partial charge on any atom is 0.410 e. The smallest absolute Gasteiger partial charge is 0.410 e. The van der Waals surface area contributed by atoms with Crippen molar-refractivity contribution in [3.05, 3.63) is 23.6 Å². The molecule has 1 aliphatic rings. The number of esters is 1. The van der Waals surface area contributed by atoms with Crippen molar-refractivity contribution in [1.29, 1.82) is 0 Å². The van der Waals surface area contributed by atoms with Crippen LogP contribution in [0.25, 0.3) is 10.9 Å². The standard InChI is InChI=1S/C20H27FN4O4/c1-6-25-12-13-15(11-14(21)16(17(13)22-25)18(26)28-5)23-7-9-24(10-8-23)19(27)29-20(2,3)4/h11-12H,6-10H2,1-5H3. The topological polar surface area (TPSA) is 76.9 Å². The molecule has 1 aromatic heterocycles. The van der Waals surface area contributed by atoms with E-state index >= 15 is 0 Å². The van der Waals surface area contributed by atoms with Gasteiger partial charge in [0.1, 0.15) is 22.5 Å². The molecule has 1 aromatic carbocycles. The van der Waals surface area contributed by atoms with E-state index in [2.05, 4.69) is 5.10 Å². The first-order valence-corrected chi connectivity index (χ1v) is 9.65. The van der Waals surface area contributed by atoms with Crippen molar-refractivity contribution >= 4 is 28.7 Å². The third-order valence-corrected chi connectivity index (χ3v) is 4.76. The minimum absolute atomic E-state index is 0.161. The molecule has 2 aromatic rings. The Bertz CT molecular complexity index is 927. The lowest BCUT2D eigenvalue weighted by molar-refractivity contribution is 0.0240. The van der Waals surface area contributed by atoms with E-state index in [4.69, 9.17) is 9.47 Å². The molecular formula is C20H27FN4O4. The summed E-state index contributed by atoms with van der Waals surface area (Å²) in [6.45, 7) is 9.93. The molecule has 1 aliphatic heterocycles. The monoisotopic (exact) mass is 406 g/mol. The van der Waals surface area contributed by atoms with Gasteiger partial charge < -0.3 is 19.3 Å². The van der Waals surface area contributed by atoms with Gasteiger partial charge in [-0.15, -0.1) is 0 Å². The van der Waals surface area contributed by atoms with Gasteiger partial charge in [0.2, 0.25) is 0 Å². The van der Waals surface area contributed by atoms with Gasteiger partial charge in [-0.3, -0.25) is 4.68 Å². The maximum absolute atomic E-state index is 14.8. The number of aryl methyl sites for hydroxylation is 1. The van der Waals surface area contributed by atoms with Crippen LogP contribution in [0.1, 0.15) is 38.1 Å². The number of fused-ring (bicyclic) bond motifs is 1. The van der Waals surface area contributed by atoms with Crippen molar-refractivity contribution in [2.45, 2.75) is 39.8 Å². The molecule has 3 rings (SSSR count). The van der Waals surface area contributed by atoms with Gasteiger partial charge in [-0.05, 0) is 33.8 Å². The highest BCUT2D eigenvalue weighted by atomic mass is 19.1. The average molecular weight is 406 g/mol. The number of ether oxygens (including phenoxy) is 2. The molecule has 0 unspecified atom stereocenters. The molecule has 0 bridgehead atoms. The Balaban J connectivity index is 1.89. The van der Waals surface area contributed by atoms with Crippen LogP contribution in [0, 0.1) is 5.82 Å². The predicted molar refractivity (Wildman–Crippen MR) is 107 cm³/mol. The van der Waals surface area contributed by atoms with E-state index in [0.717, 1.165) is 0 Å². The molecule has 0 atom stereocenters. The Hall–Kier alpha value is -2.84. The third kappa shape index (κ3) is 4.28. The molecule has 0 radical (unpaired) electrons. The van der Waals surface area contributed by atoms with Crippen molar-refractivity contribution in [2.75, 3.05) is 38.2 Å². The summed E-state index contributed by atoms with van der Waals surface area (Å²) in [4.78, 5) is 28.0. The molecule has 9 heteroatoms. The number of methoxy groups -OCH3 is 1. The average Bonchev–Trinajstić information content (AvgIpc) is 3.09. The molecular weight excluding hydrogens is 379 g/mol. The van der Waals surface area contributed by atoms with E-state index in [1.165, 1.54) is 13.2 Å². The Labute approximate surface area is 169 Å². The zero-order valence-electron chi connectivity index (χ0n) is 17.5. The van der Waals surface area contributed by atoms with Gasteiger partial charge >= 0.3 is 12.1 Å². The minimum Gasteiger partial charge on any atom is -0.465 e. The molecule has 158 valence electrons. The number of halogens is 1. The highest BCUT2D eigenvalue weighted by Crippen LogP contribution is 2.32. The van der Waals surface area contributed by atoms with Crippen molar-refractivity contribution in [3.8, 4) is 0 Å². The van der Waals surface area contributed by atoms with E-state index in [1.54, 1.807) is 15.8 Å². The van der Waals surface area contributed by atoms with Gasteiger partial charge in [-0.1, -0.05) is 0 Å². The lowest BCUT2D eigenvalue weighted by Crippen LogP contribution is -2.50. The molecule has 0 spiro atoms. The fourth-order valence-electron chi connectivity index (χ4n) is 3.35. The summed E-state index contributed by atoms with van der Waals surface area (Å²) in [5.74, 6) is -1.43. The van der Waals surface area contributed by atoms with Crippen LogP contribution in [-0.4, -0.2) is 65.6 Å². The molecule has 8 nitrogen and oxygen atoms in total. The number of hydrogen-bond donors (Lipinski definition) is 0. The molecule has 1 amide bonds. The Morgan fingerprint density at radius 3 is 2.41 bits per heavy atom. The van der Waals surface area contributed by atoms with Crippen molar-refractivity contribution in [1.82, 2.24) is 14.7 Å². The van der Waals surface area contributed by atoms with Crippen LogP contribution in [0.15, 0.2) is 12.3 Å². The number of rotatable bonds is 3. The molecule has 1 fully saturated rings. The van der Waals surface area contributed by atoms with E-state index < -0.39 is 17.4 Å². The fraction of sp³-hybridized carbons (Fsp3) is 0.550. The van der Waals surface area contributed by atoms with Crippen LogP contribution in [-0.2, 0) is 16.0 Å². The number of amides is 1. The van der Waals surface area contributed by atoms with Crippen molar-refractivity contribution in [2.24, 2.45) is 0 Å². The first kappa shape index (κ1) is 20.9. The Morgan fingerprint density at radius 1 is 1.21 bits per heavy atom. The largest absolute Gasteiger partial charge is 0.465 e. The van der Waals surface area contributed by atoms with Crippen LogP contribution in [0.4, 0.5) is 14.9 Å².